The first-order chi connectivity index (χ1) is 11.1. The number of nitrogens with one attached hydrogen (secondary N) is 2. The second kappa shape index (κ2) is 6.48. The zero-order valence-electron chi connectivity index (χ0n) is 12.6. The number of rotatable bonds is 5. The number of amides is 1. The average molecular weight is 313 g/mol. The number of aromatic nitrogens is 2. The van der Waals surface area contributed by atoms with Crippen molar-refractivity contribution in [2.24, 2.45) is 0 Å². The van der Waals surface area contributed by atoms with E-state index in [1.807, 2.05) is 19.1 Å². The zero-order chi connectivity index (χ0) is 16.2. The SMILES string of the molecule is CCc1nc2ccc(NC(=O)COc3ccc(F)cc3)cc2[nH]1. The molecule has 1 amide bonds. The van der Waals surface area contributed by atoms with E-state index in [1.165, 1.54) is 24.3 Å². The summed E-state index contributed by atoms with van der Waals surface area (Å²) in [5.74, 6) is 0.714. The quantitative estimate of drug-likeness (QED) is 0.759. The van der Waals surface area contributed by atoms with Crippen LogP contribution >= 0.6 is 0 Å². The molecule has 0 bridgehead atoms. The Labute approximate surface area is 132 Å². The standard InChI is InChI=1S/C17H16FN3O2/c1-2-16-20-14-8-5-12(9-15(14)21-16)19-17(22)10-23-13-6-3-11(18)4-7-13/h3-9H,2,10H2,1H3,(H,19,22)(H,20,21). The van der Waals surface area contributed by atoms with Gasteiger partial charge in [0.05, 0.1) is 11.0 Å². The van der Waals surface area contributed by atoms with Crippen LogP contribution in [0.25, 0.3) is 11.0 Å². The number of aromatic amines is 1. The van der Waals surface area contributed by atoms with Crippen LogP contribution in [0.15, 0.2) is 42.5 Å². The van der Waals surface area contributed by atoms with Crippen molar-refractivity contribution in [1.29, 1.82) is 0 Å². The number of carbonyl (C=O) groups excluding carboxylic acids is 1. The molecule has 1 heterocycles. The topological polar surface area (TPSA) is 67.0 Å². The fraction of sp³-hybridized carbons (Fsp3) is 0.176. The van der Waals surface area contributed by atoms with Crippen molar-refractivity contribution in [2.45, 2.75) is 13.3 Å². The van der Waals surface area contributed by atoms with Gasteiger partial charge in [-0.25, -0.2) is 9.37 Å². The second-order valence-corrected chi connectivity index (χ2v) is 5.06. The van der Waals surface area contributed by atoms with Gasteiger partial charge in [-0.3, -0.25) is 4.79 Å². The maximum atomic E-state index is 12.8. The highest BCUT2D eigenvalue weighted by molar-refractivity contribution is 5.94. The molecule has 0 saturated heterocycles. The molecular formula is C17H16FN3O2. The summed E-state index contributed by atoms with van der Waals surface area (Å²) in [5, 5.41) is 2.76. The fourth-order valence-electron chi connectivity index (χ4n) is 2.18. The van der Waals surface area contributed by atoms with Crippen LogP contribution in [0.5, 0.6) is 5.75 Å². The summed E-state index contributed by atoms with van der Waals surface area (Å²) in [4.78, 5) is 19.5. The third kappa shape index (κ3) is 3.66. The molecule has 6 heteroatoms. The van der Waals surface area contributed by atoms with Gasteiger partial charge in [-0.15, -0.1) is 0 Å². The third-order valence-corrected chi connectivity index (χ3v) is 3.33. The molecule has 23 heavy (non-hydrogen) atoms. The maximum Gasteiger partial charge on any atom is 0.262 e. The average Bonchev–Trinajstić information content (AvgIpc) is 2.97. The van der Waals surface area contributed by atoms with E-state index in [0.717, 1.165) is 23.3 Å². The zero-order valence-corrected chi connectivity index (χ0v) is 12.6. The van der Waals surface area contributed by atoms with Gasteiger partial charge in [-0.05, 0) is 42.5 Å². The molecule has 118 valence electrons. The van der Waals surface area contributed by atoms with Gasteiger partial charge in [0.1, 0.15) is 17.4 Å². The lowest BCUT2D eigenvalue weighted by Crippen LogP contribution is -2.20. The normalized spacial score (nSPS) is 10.7. The number of benzene rings is 2. The summed E-state index contributed by atoms with van der Waals surface area (Å²) in [6.07, 6.45) is 0.821. The van der Waals surface area contributed by atoms with Crippen LogP contribution in [0.2, 0.25) is 0 Å². The van der Waals surface area contributed by atoms with Crippen LogP contribution in [0.4, 0.5) is 10.1 Å². The van der Waals surface area contributed by atoms with Crippen molar-refractivity contribution in [1.82, 2.24) is 9.97 Å². The number of imidazole rings is 1. The number of carbonyl (C=O) groups is 1. The summed E-state index contributed by atoms with van der Waals surface area (Å²) in [7, 11) is 0. The molecule has 0 saturated carbocycles. The molecule has 0 fully saturated rings. The Morgan fingerprint density at radius 2 is 2.04 bits per heavy atom. The molecular weight excluding hydrogens is 297 g/mol. The van der Waals surface area contributed by atoms with E-state index in [2.05, 4.69) is 15.3 Å². The number of anilines is 1. The van der Waals surface area contributed by atoms with Crippen LogP contribution < -0.4 is 10.1 Å². The number of fused-ring (bicyclic) bond motifs is 1. The first-order valence-electron chi connectivity index (χ1n) is 7.31. The first kappa shape index (κ1) is 15.0. The van der Waals surface area contributed by atoms with E-state index in [1.54, 1.807) is 6.07 Å². The highest BCUT2D eigenvalue weighted by Gasteiger charge is 2.06. The van der Waals surface area contributed by atoms with Crippen LogP contribution in [-0.2, 0) is 11.2 Å². The predicted octanol–water partition coefficient (Wildman–Crippen LogP) is 3.28. The summed E-state index contributed by atoms with van der Waals surface area (Å²) < 4.78 is 18.1. The predicted molar refractivity (Wildman–Crippen MR) is 86.0 cm³/mol. The molecule has 0 unspecified atom stereocenters. The summed E-state index contributed by atoms with van der Waals surface area (Å²) in [6.45, 7) is 1.88. The Bertz CT molecular complexity index is 827. The Balaban J connectivity index is 1.61. The molecule has 5 nitrogen and oxygen atoms in total. The number of aryl methyl sites for hydroxylation is 1. The lowest BCUT2D eigenvalue weighted by Gasteiger charge is -2.07. The van der Waals surface area contributed by atoms with Gasteiger partial charge in [-0.2, -0.15) is 0 Å². The Hall–Kier alpha value is -2.89. The van der Waals surface area contributed by atoms with Gasteiger partial charge < -0.3 is 15.0 Å². The van der Waals surface area contributed by atoms with Crippen LogP contribution in [-0.4, -0.2) is 22.5 Å². The monoisotopic (exact) mass is 313 g/mol. The van der Waals surface area contributed by atoms with E-state index < -0.39 is 0 Å². The number of H-pyrrole nitrogens is 1. The minimum Gasteiger partial charge on any atom is -0.484 e. The van der Waals surface area contributed by atoms with Crippen LogP contribution in [0.1, 0.15) is 12.7 Å². The molecule has 2 N–H and O–H groups in total. The Kier molecular flexibility index (Phi) is 4.23. The van der Waals surface area contributed by atoms with Crippen molar-refractivity contribution < 1.29 is 13.9 Å². The second-order valence-electron chi connectivity index (χ2n) is 5.06. The molecule has 2 aromatic carbocycles. The van der Waals surface area contributed by atoms with Crippen LogP contribution in [0.3, 0.4) is 0 Å². The minimum atomic E-state index is -0.346. The molecule has 0 spiro atoms. The number of ether oxygens (including phenoxy) is 1. The number of nitrogens with zero attached hydrogens (tertiary/aromatic N) is 1. The van der Waals surface area contributed by atoms with Crippen molar-refractivity contribution in [3.8, 4) is 5.75 Å². The number of halogens is 1. The first-order valence-corrected chi connectivity index (χ1v) is 7.31. The van der Waals surface area contributed by atoms with E-state index in [4.69, 9.17) is 4.74 Å². The molecule has 0 aliphatic rings. The van der Waals surface area contributed by atoms with Gasteiger partial charge >= 0.3 is 0 Å². The summed E-state index contributed by atoms with van der Waals surface area (Å²) in [6, 6.07) is 11.0. The number of hydrogen-bond acceptors (Lipinski definition) is 3. The minimum absolute atomic E-state index is 0.146. The van der Waals surface area contributed by atoms with Gasteiger partial charge in [0, 0.05) is 12.1 Å². The van der Waals surface area contributed by atoms with Gasteiger partial charge in [-0.1, -0.05) is 6.92 Å². The molecule has 0 atom stereocenters. The molecule has 3 aromatic rings. The molecule has 1 aromatic heterocycles. The highest BCUT2D eigenvalue weighted by atomic mass is 19.1. The fourth-order valence-corrected chi connectivity index (χ4v) is 2.18. The van der Waals surface area contributed by atoms with Gasteiger partial charge in [0.15, 0.2) is 6.61 Å². The highest BCUT2D eigenvalue weighted by Crippen LogP contribution is 2.17. The summed E-state index contributed by atoms with van der Waals surface area (Å²) in [5.41, 5.74) is 2.40. The third-order valence-electron chi connectivity index (χ3n) is 3.33. The lowest BCUT2D eigenvalue weighted by atomic mass is 10.3. The molecule has 0 aliphatic heterocycles. The van der Waals surface area contributed by atoms with E-state index in [-0.39, 0.29) is 18.3 Å². The van der Waals surface area contributed by atoms with Gasteiger partial charge in [0.2, 0.25) is 0 Å². The van der Waals surface area contributed by atoms with E-state index >= 15 is 0 Å². The van der Waals surface area contributed by atoms with Crippen molar-refractivity contribution in [3.05, 3.63) is 54.1 Å². The van der Waals surface area contributed by atoms with Crippen molar-refractivity contribution >= 4 is 22.6 Å². The van der Waals surface area contributed by atoms with Crippen LogP contribution in [0, 0.1) is 5.82 Å². The van der Waals surface area contributed by atoms with E-state index in [9.17, 15) is 9.18 Å². The summed E-state index contributed by atoms with van der Waals surface area (Å²) >= 11 is 0. The smallest absolute Gasteiger partial charge is 0.262 e. The Morgan fingerprint density at radius 3 is 2.78 bits per heavy atom. The molecule has 3 rings (SSSR count). The molecule has 0 radical (unpaired) electrons. The molecule has 0 aliphatic carbocycles. The largest absolute Gasteiger partial charge is 0.484 e. The van der Waals surface area contributed by atoms with Gasteiger partial charge in [0.25, 0.3) is 5.91 Å². The van der Waals surface area contributed by atoms with Crippen molar-refractivity contribution in [2.75, 3.05) is 11.9 Å². The Morgan fingerprint density at radius 1 is 1.26 bits per heavy atom. The van der Waals surface area contributed by atoms with Crippen molar-refractivity contribution in [3.63, 3.8) is 0 Å². The maximum absolute atomic E-state index is 12.8. The number of hydrogen-bond donors (Lipinski definition) is 2. The van der Waals surface area contributed by atoms with E-state index in [0.29, 0.717) is 11.4 Å². The lowest BCUT2D eigenvalue weighted by molar-refractivity contribution is -0.118.